The smallest absolute Gasteiger partial charge is 0.450 e. The molecular formula is C10H18O6. The molecule has 0 aromatic rings. The molecule has 6 heteroatoms. The van der Waals surface area contributed by atoms with Crippen molar-refractivity contribution in [1.29, 1.82) is 0 Å². The van der Waals surface area contributed by atoms with Gasteiger partial charge in [0, 0.05) is 0 Å². The predicted octanol–water partition coefficient (Wildman–Crippen LogP) is 2.72. The lowest BCUT2D eigenvalue weighted by molar-refractivity contribution is 0.0877. The predicted molar refractivity (Wildman–Crippen MR) is 55.7 cm³/mol. The number of carboxylic acid groups (broad SMARTS) is 2. The summed E-state index contributed by atoms with van der Waals surface area (Å²) in [6.07, 6.45) is 2.85. The van der Waals surface area contributed by atoms with Crippen molar-refractivity contribution in [3.63, 3.8) is 0 Å². The molecule has 0 bridgehead atoms. The number of unbranched alkanes of at least 4 members (excludes halogenated alkanes) is 5. The van der Waals surface area contributed by atoms with Crippen LogP contribution in [0.25, 0.3) is 0 Å². The highest BCUT2D eigenvalue weighted by atomic mass is 16.7. The zero-order valence-electron chi connectivity index (χ0n) is 9.18. The van der Waals surface area contributed by atoms with Crippen molar-refractivity contribution in [2.45, 2.75) is 38.5 Å². The van der Waals surface area contributed by atoms with Gasteiger partial charge in [-0.25, -0.2) is 9.59 Å². The third-order valence-electron chi connectivity index (χ3n) is 1.99. The van der Waals surface area contributed by atoms with E-state index in [-0.39, 0.29) is 13.2 Å². The van der Waals surface area contributed by atoms with E-state index in [1.165, 1.54) is 0 Å². The first-order valence-corrected chi connectivity index (χ1v) is 5.34. The van der Waals surface area contributed by atoms with Crippen LogP contribution in [0, 0.1) is 0 Å². The first-order valence-electron chi connectivity index (χ1n) is 5.34. The summed E-state index contributed by atoms with van der Waals surface area (Å²) in [4.78, 5) is 20.0. The largest absolute Gasteiger partial charge is 0.505 e. The monoisotopic (exact) mass is 234 g/mol. The molecule has 0 atom stereocenters. The van der Waals surface area contributed by atoms with Crippen LogP contribution in [0.3, 0.4) is 0 Å². The standard InChI is InChI=1S/C10H18O6/c11-9(12)15-7-5-3-1-2-4-6-8-16-10(13)14/h1-8H2,(H,11,12)(H,13,14). The van der Waals surface area contributed by atoms with E-state index in [4.69, 9.17) is 10.2 Å². The summed E-state index contributed by atoms with van der Waals surface area (Å²) in [6, 6.07) is 0. The third-order valence-corrected chi connectivity index (χ3v) is 1.99. The average Bonchev–Trinajstić information content (AvgIpc) is 2.20. The molecule has 6 nitrogen and oxygen atoms in total. The van der Waals surface area contributed by atoms with Crippen LogP contribution in [0.2, 0.25) is 0 Å². The zero-order valence-corrected chi connectivity index (χ0v) is 9.18. The van der Waals surface area contributed by atoms with Gasteiger partial charge in [0.15, 0.2) is 0 Å². The maximum Gasteiger partial charge on any atom is 0.505 e. The molecule has 0 aromatic heterocycles. The molecule has 2 N–H and O–H groups in total. The van der Waals surface area contributed by atoms with Crippen LogP contribution in [0.5, 0.6) is 0 Å². The minimum absolute atomic E-state index is 0.247. The molecule has 0 amide bonds. The molecule has 0 saturated carbocycles. The summed E-state index contributed by atoms with van der Waals surface area (Å²) >= 11 is 0. The number of carbonyl (C=O) groups is 2. The molecule has 0 radical (unpaired) electrons. The maximum atomic E-state index is 9.98. The van der Waals surface area contributed by atoms with Gasteiger partial charge in [-0.3, -0.25) is 0 Å². The highest BCUT2D eigenvalue weighted by Crippen LogP contribution is 2.05. The van der Waals surface area contributed by atoms with Gasteiger partial charge in [0.25, 0.3) is 0 Å². The van der Waals surface area contributed by atoms with Crippen molar-refractivity contribution < 1.29 is 29.3 Å². The lowest BCUT2D eigenvalue weighted by atomic mass is 10.1. The van der Waals surface area contributed by atoms with E-state index in [0.717, 1.165) is 38.5 Å². The van der Waals surface area contributed by atoms with Crippen molar-refractivity contribution in [2.24, 2.45) is 0 Å². The quantitative estimate of drug-likeness (QED) is 0.470. The van der Waals surface area contributed by atoms with Crippen LogP contribution in [0.15, 0.2) is 0 Å². The van der Waals surface area contributed by atoms with Crippen molar-refractivity contribution in [3.8, 4) is 0 Å². The lowest BCUT2D eigenvalue weighted by Gasteiger charge is -2.02. The Hall–Kier alpha value is -1.46. The summed E-state index contributed by atoms with van der Waals surface area (Å²) in [5, 5.41) is 16.3. The second kappa shape index (κ2) is 10.1. The average molecular weight is 234 g/mol. The van der Waals surface area contributed by atoms with E-state index in [1.54, 1.807) is 0 Å². The van der Waals surface area contributed by atoms with Crippen LogP contribution in [0.4, 0.5) is 9.59 Å². The van der Waals surface area contributed by atoms with Crippen molar-refractivity contribution in [2.75, 3.05) is 13.2 Å². The van der Waals surface area contributed by atoms with Gasteiger partial charge in [0.1, 0.15) is 0 Å². The second-order valence-electron chi connectivity index (χ2n) is 3.35. The molecule has 0 saturated heterocycles. The Morgan fingerprint density at radius 1 is 0.688 bits per heavy atom. The maximum absolute atomic E-state index is 9.98. The molecule has 0 heterocycles. The molecule has 16 heavy (non-hydrogen) atoms. The van der Waals surface area contributed by atoms with Gasteiger partial charge in [-0.1, -0.05) is 25.7 Å². The number of ether oxygens (including phenoxy) is 2. The first kappa shape index (κ1) is 14.5. The molecule has 0 aliphatic carbocycles. The molecule has 0 spiro atoms. The van der Waals surface area contributed by atoms with Crippen LogP contribution >= 0.6 is 0 Å². The summed E-state index contributed by atoms with van der Waals surface area (Å²) in [7, 11) is 0. The van der Waals surface area contributed by atoms with E-state index in [0.29, 0.717) is 0 Å². The Morgan fingerprint density at radius 3 is 1.31 bits per heavy atom. The van der Waals surface area contributed by atoms with Gasteiger partial charge in [-0.2, -0.15) is 0 Å². The SMILES string of the molecule is O=C(O)OCCCCCCCCOC(=O)O. The fourth-order valence-electron chi connectivity index (χ4n) is 1.23. The van der Waals surface area contributed by atoms with Crippen LogP contribution in [-0.4, -0.2) is 35.7 Å². The highest BCUT2D eigenvalue weighted by Gasteiger charge is 1.97. The minimum Gasteiger partial charge on any atom is -0.450 e. The topological polar surface area (TPSA) is 93.1 Å². The fourth-order valence-corrected chi connectivity index (χ4v) is 1.23. The summed E-state index contributed by atoms with van der Waals surface area (Å²) < 4.78 is 8.69. The van der Waals surface area contributed by atoms with Crippen molar-refractivity contribution in [3.05, 3.63) is 0 Å². The minimum atomic E-state index is -1.23. The van der Waals surface area contributed by atoms with E-state index in [2.05, 4.69) is 9.47 Å². The Balaban J connectivity index is 2.98. The third kappa shape index (κ3) is 12.5. The Bertz CT molecular complexity index is 181. The van der Waals surface area contributed by atoms with Crippen LogP contribution < -0.4 is 0 Å². The highest BCUT2D eigenvalue weighted by molar-refractivity contribution is 5.56. The molecule has 0 rings (SSSR count). The summed E-state index contributed by atoms with van der Waals surface area (Å²) in [6.45, 7) is 0.495. The van der Waals surface area contributed by atoms with Gasteiger partial charge in [-0.05, 0) is 12.8 Å². The van der Waals surface area contributed by atoms with E-state index in [9.17, 15) is 9.59 Å². The van der Waals surface area contributed by atoms with E-state index < -0.39 is 12.3 Å². The van der Waals surface area contributed by atoms with Crippen LogP contribution in [-0.2, 0) is 9.47 Å². The normalized spacial score (nSPS) is 9.75. The van der Waals surface area contributed by atoms with Gasteiger partial charge >= 0.3 is 12.3 Å². The Morgan fingerprint density at radius 2 is 1.00 bits per heavy atom. The first-order chi connectivity index (χ1) is 7.63. The Labute approximate surface area is 94.2 Å². The van der Waals surface area contributed by atoms with Gasteiger partial charge in [0.2, 0.25) is 0 Å². The molecule has 94 valence electrons. The second-order valence-corrected chi connectivity index (χ2v) is 3.35. The fraction of sp³-hybridized carbons (Fsp3) is 0.800. The molecule has 0 aliphatic heterocycles. The van der Waals surface area contributed by atoms with Gasteiger partial charge in [0.05, 0.1) is 13.2 Å². The van der Waals surface area contributed by atoms with Crippen molar-refractivity contribution in [1.82, 2.24) is 0 Å². The van der Waals surface area contributed by atoms with Gasteiger partial charge < -0.3 is 19.7 Å². The molecule has 0 fully saturated rings. The van der Waals surface area contributed by atoms with Crippen molar-refractivity contribution >= 4 is 12.3 Å². The lowest BCUT2D eigenvalue weighted by Crippen LogP contribution is -2.02. The molecular weight excluding hydrogens is 216 g/mol. The van der Waals surface area contributed by atoms with E-state index in [1.807, 2.05) is 0 Å². The molecule has 0 aromatic carbocycles. The Kier molecular flexibility index (Phi) is 9.15. The van der Waals surface area contributed by atoms with Gasteiger partial charge in [-0.15, -0.1) is 0 Å². The summed E-state index contributed by atoms with van der Waals surface area (Å²) in [5.74, 6) is 0. The number of rotatable bonds is 9. The molecule has 0 unspecified atom stereocenters. The van der Waals surface area contributed by atoms with Crippen LogP contribution in [0.1, 0.15) is 38.5 Å². The van der Waals surface area contributed by atoms with E-state index >= 15 is 0 Å². The number of hydrogen-bond acceptors (Lipinski definition) is 4. The molecule has 0 aliphatic rings. The number of hydrogen-bond donors (Lipinski definition) is 2. The summed E-state index contributed by atoms with van der Waals surface area (Å²) in [5.41, 5.74) is 0. The zero-order chi connectivity index (χ0) is 12.2.